The van der Waals surface area contributed by atoms with E-state index in [-0.39, 0.29) is 29.8 Å². The first kappa shape index (κ1) is 12.2. The smallest absolute Gasteiger partial charge is 0.224 e. The van der Waals surface area contributed by atoms with E-state index in [1.807, 2.05) is 0 Å². The highest BCUT2D eigenvalue weighted by atomic mass is 35.5. The fraction of sp³-hybridized carbons (Fsp3) is 0.364. The second-order valence-electron chi connectivity index (χ2n) is 3.95. The predicted octanol–water partition coefficient (Wildman–Crippen LogP) is 2.44. The maximum Gasteiger partial charge on any atom is 0.224 e. The highest BCUT2D eigenvalue weighted by Crippen LogP contribution is 2.20. The van der Waals surface area contributed by atoms with Gasteiger partial charge in [-0.3, -0.25) is 4.79 Å². The number of alkyl halides is 1. The van der Waals surface area contributed by atoms with E-state index in [1.54, 1.807) is 0 Å². The van der Waals surface area contributed by atoms with Crippen LogP contribution < -0.4 is 0 Å². The molecule has 1 unspecified atom stereocenters. The zero-order valence-electron chi connectivity index (χ0n) is 8.72. The quantitative estimate of drug-likeness (QED) is 0.593. The zero-order chi connectivity index (χ0) is 12.6. The van der Waals surface area contributed by atoms with Crippen LogP contribution in [0.25, 0.3) is 0 Å². The molecule has 1 heterocycles. The number of carbonyl (C=O) groups excluding carboxylic acids is 1. The van der Waals surface area contributed by atoms with Crippen molar-refractivity contribution in [2.75, 3.05) is 6.54 Å². The van der Waals surface area contributed by atoms with Crippen molar-refractivity contribution < 1.29 is 18.0 Å². The van der Waals surface area contributed by atoms with Crippen molar-refractivity contribution in [3.8, 4) is 0 Å². The average Bonchev–Trinajstić information content (AvgIpc) is 2.54. The molecule has 1 aliphatic heterocycles. The van der Waals surface area contributed by atoms with Gasteiger partial charge >= 0.3 is 0 Å². The summed E-state index contributed by atoms with van der Waals surface area (Å²) in [5.41, 5.74) is 0.209. The van der Waals surface area contributed by atoms with E-state index in [1.165, 1.54) is 4.90 Å². The molecule has 2 rings (SSSR count). The number of hydrogen-bond acceptors (Lipinski definition) is 1. The van der Waals surface area contributed by atoms with Crippen LogP contribution in [0.1, 0.15) is 12.0 Å². The summed E-state index contributed by atoms with van der Waals surface area (Å²) in [6, 6.07) is 1.76. The Balaban J connectivity index is 2.17. The van der Waals surface area contributed by atoms with Crippen LogP contribution in [-0.2, 0) is 11.3 Å². The first-order valence-corrected chi connectivity index (χ1v) is 5.46. The fourth-order valence-electron chi connectivity index (χ4n) is 1.80. The summed E-state index contributed by atoms with van der Waals surface area (Å²) in [4.78, 5) is 12.8. The molecule has 0 spiro atoms. The van der Waals surface area contributed by atoms with E-state index in [0.29, 0.717) is 6.54 Å². The Morgan fingerprint density at radius 2 is 1.88 bits per heavy atom. The van der Waals surface area contributed by atoms with Crippen molar-refractivity contribution in [2.45, 2.75) is 18.3 Å². The molecular formula is C11H9ClF3NO. The van der Waals surface area contributed by atoms with Crippen LogP contribution in [0.5, 0.6) is 0 Å². The lowest BCUT2D eigenvalue weighted by Gasteiger charge is -2.15. The molecule has 1 amide bonds. The van der Waals surface area contributed by atoms with Gasteiger partial charge in [0.25, 0.3) is 0 Å². The van der Waals surface area contributed by atoms with E-state index < -0.39 is 17.5 Å². The SMILES string of the molecule is O=C1CC(Cl)CN1Cc1cc(F)c(F)c(F)c1. The van der Waals surface area contributed by atoms with Crippen LogP contribution in [0.4, 0.5) is 13.2 Å². The van der Waals surface area contributed by atoms with E-state index in [9.17, 15) is 18.0 Å². The number of nitrogens with zero attached hydrogens (tertiary/aromatic N) is 1. The van der Waals surface area contributed by atoms with E-state index >= 15 is 0 Å². The second kappa shape index (κ2) is 4.56. The molecule has 0 N–H and O–H groups in total. The third-order valence-corrected chi connectivity index (χ3v) is 2.88. The third-order valence-electron chi connectivity index (χ3n) is 2.58. The summed E-state index contributed by atoms with van der Waals surface area (Å²) in [6.45, 7) is 0.372. The lowest BCUT2D eigenvalue weighted by Crippen LogP contribution is -2.24. The average molecular weight is 264 g/mol. The van der Waals surface area contributed by atoms with Crippen LogP contribution in [0.2, 0.25) is 0 Å². The maximum atomic E-state index is 12.9. The first-order valence-electron chi connectivity index (χ1n) is 5.02. The molecule has 1 aliphatic rings. The van der Waals surface area contributed by atoms with Crippen LogP contribution in [0.3, 0.4) is 0 Å². The zero-order valence-corrected chi connectivity index (χ0v) is 9.48. The fourth-order valence-corrected chi connectivity index (χ4v) is 2.10. The Bertz CT molecular complexity index is 443. The number of carbonyl (C=O) groups is 1. The number of likely N-dealkylation sites (tertiary alicyclic amines) is 1. The van der Waals surface area contributed by atoms with Crippen molar-refractivity contribution in [3.63, 3.8) is 0 Å². The Hall–Kier alpha value is -1.23. The van der Waals surface area contributed by atoms with Gasteiger partial charge in [-0.25, -0.2) is 13.2 Å². The monoisotopic (exact) mass is 263 g/mol. The minimum absolute atomic E-state index is 0.0379. The van der Waals surface area contributed by atoms with E-state index in [4.69, 9.17) is 11.6 Å². The van der Waals surface area contributed by atoms with Crippen LogP contribution >= 0.6 is 11.6 Å². The van der Waals surface area contributed by atoms with Gasteiger partial charge in [0, 0.05) is 19.5 Å². The number of rotatable bonds is 2. The molecule has 2 nitrogen and oxygen atoms in total. The van der Waals surface area contributed by atoms with Crippen molar-refractivity contribution in [1.82, 2.24) is 4.90 Å². The Morgan fingerprint density at radius 3 is 2.35 bits per heavy atom. The summed E-state index contributed by atoms with van der Waals surface area (Å²) in [5, 5.41) is -0.280. The molecule has 0 aromatic heterocycles. The molecule has 1 atom stereocenters. The molecule has 92 valence electrons. The summed E-state index contributed by atoms with van der Waals surface area (Å²) in [6.07, 6.45) is 0.216. The van der Waals surface area contributed by atoms with Gasteiger partial charge in [-0.15, -0.1) is 11.6 Å². The van der Waals surface area contributed by atoms with Gasteiger partial charge in [-0.2, -0.15) is 0 Å². The van der Waals surface area contributed by atoms with E-state index in [2.05, 4.69) is 0 Å². The molecule has 1 aromatic carbocycles. The number of halogens is 4. The first-order chi connectivity index (χ1) is 7.97. The summed E-state index contributed by atoms with van der Waals surface area (Å²) < 4.78 is 38.6. The molecular weight excluding hydrogens is 255 g/mol. The van der Waals surface area contributed by atoms with Crippen LogP contribution in [-0.4, -0.2) is 22.7 Å². The predicted molar refractivity (Wildman–Crippen MR) is 56.0 cm³/mol. The minimum Gasteiger partial charge on any atom is -0.337 e. The number of benzene rings is 1. The standard InChI is InChI=1S/C11H9ClF3NO/c12-7-3-10(17)16(5-7)4-6-1-8(13)11(15)9(14)2-6/h1-2,7H,3-5H2. The summed E-state index contributed by atoms with van der Waals surface area (Å²) in [7, 11) is 0. The van der Waals surface area contributed by atoms with Crippen molar-refractivity contribution in [3.05, 3.63) is 35.1 Å². The van der Waals surface area contributed by atoms with Gasteiger partial charge in [-0.05, 0) is 17.7 Å². The molecule has 1 aromatic rings. The Morgan fingerprint density at radius 1 is 1.29 bits per heavy atom. The number of hydrogen-bond donors (Lipinski definition) is 0. The summed E-state index contributed by atoms with van der Waals surface area (Å²) in [5.74, 6) is -4.19. The highest BCUT2D eigenvalue weighted by Gasteiger charge is 2.28. The van der Waals surface area contributed by atoms with Crippen LogP contribution in [0, 0.1) is 17.5 Å². The van der Waals surface area contributed by atoms with Crippen molar-refractivity contribution >= 4 is 17.5 Å². The largest absolute Gasteiger partial charge is 0.337 e. The van der Waals surface area contributed by atoms with Crippen LogP contribution in [0.15, 0.2) is 12.1 Å². The molecule has 1 saturated heterocycles. The van der Waals surface area contributed by atoms with Crippen molar-refractivity contribution in [1.29, 1.82) is 0 Å². The molecule has 0 bridgehead atoms. The minimum atomic E-state index is -1.50. The van der Waals surface area contributed by atoms with Gasteiger partial charge in [0.15, 0.2) is 17.5 Å². The van der Waals surface area contributed by atoms with Gasteiger partial charge in [-0.1, -0.05) is 0 Å². The van der Waals surface area contributed by atoms with Crippen molar-refractivity contribution in [2.24, 2.45) is 0 Å². The Labute approximate surface area is 101 Å². The maximum absolute atomic E-state index is 12.9. The normalized spacial score (nSPS) is 20.1. The lowest BCUT2D eigenvalue weighted by molar-refractivity contribution is -0.128. The van der Waals surface area contributed by atoms with E-state index in [0.717, 1.165) is 12.1 Å². The molecule has 1 fully saturated rings. The van der Waals surface area contributed by atoms with Gasteiger partial charge < -0.3 is 4.90 Å². The van der Waals surface area contributed by atoms with Gasteiger partial charge in [0.2, 0.25) is 5.91 Å². The van der Waals surface area contributed by atoms with Gasteiger partial charge in [0.05, 0.1) is 5.38 Å². The lowest BCUT2D eigenvalue weighted by atomic mass is 10.2. The second-order valence-corrected chi connectivity index (χ2v) is 4.57. The Kier molecular flexibility index (Phi) is 3.28. The third kappa shape index (κ3) is 2.54. The molecule has 0 radical (unpaired) electrons. The molecule has 17 heavy (non-hydrogen) atoms. The molecule has 0 saturated carbocycles. The topological polar surface area (TPSA) is 20.3 Å². The number of amides is 1. The van der Waals surface area contributed by atoms with Gasteiger partial charge in [0.1, 0.15) is 0 Å². The highest BCUT2D eigenvalue weighted by molar-refractivity contribution is 6.22. The summed E-state index contributed by atoms with van der Waals surface area (Å²) >= 11 is 5.79. The molecule has 6 heteroatoms. The molecule has 0 aliphatic carbocycles.